The van der Waals surface area contributed by atoms with Gasteiger partial charge in [-0.15, -0.1) is 0 Å². The molecule has 49 heavy (non-hydrogen) atoms. The van der Waals surface area contributed by atoms with Crippen molar-refractivity contribution >= 4 is 10.4 Å². The third-order valence-electron chi connectivity index (χ3n) is 10.7. The van der Waals surface area contributed by atoms with Crippen LogP contribution in [0.4, 0.5) is 0 Å². The molecule has 0 aromatic carbocycles. The summed E-state index contributed by atoms with van der Waals surface area (Å²) in [4.78, 5) is 0. The van der Waals surface area contributed by atoms with Gasteiger partial charge in [0.1, 0.15) is 0 Å². The van der Waals surface area contributed by atoms with E-state index in [0.29, 0.717) is 0 Å². The summed E-state index contributed by atoms with van der Waals surface area (Å²) in [6.07, 6.45) is 52.7. The van der Waals surface area contributed by atoms with Crippen LogP contribution in [0, 0.1) is 0 Å². The molecular weight excluding hydrogens is 627 g/mol. The first-order valence-corrected chi connectivity index (χ1v) is 23.5. The molecule has 5 nitrogen and oxygen atoms in total. The molecule has 0 N–H and O–H groups in total. The lowest BCUT2D eigenvalue weighted by molar-refractivity contribution is -0.910. The summed E-state index contributed by atoms with van der Waals surface area (Å²) >= 11 is 0. The smallest absolute Gasteiger partial charge is 0.0784 e. The number of quaternary nitrogens is 1. The van der Waals surface area contributed by atoms with Gasteiger partial charge in [-0.1, -0.05) is 213 Å². The molecule has 0 saturated heterocycles. The summed E-state index contributed by atoms with van der Waals surface area (Å²) in [5.74, 6) is 0. The Morgan fingerprint density at radius 1 is 0.306 bits per heavy atom. The minimum atomic E-state index is -5.17. The lowest BCUT2D eigenvalue weighted by atomic mass is 10.0. The van der Waals surface area contributed by atoms with Gasteiger partial charge in [-0.25, -0.2) is 0 Å². The molecule has 0 saturated carbocycles. The second kappa shape index (κ2) is 40.6. The van der Waals surface area contributed by atoms with Crippen molar-refractivity contribution in [2.75, 3.05) is 26.7 Å². The third kappa shape index (κ3) is 50.0. The molecule has 0 atom stereocenters. The zero-order valence-corrected chi connectivity index (χ0v) is 34.9. The van der Waals surface area contributed by atoms with E-state index >= 15 is 0 Å². The summed E-state index contributed by atoms with van der Waals surface area (Å²) in [7, 11) is -2.55. The van der Waals surface area contributed by atoms with Gasteiger partial charge in [0.2, 0.25) is 0 Å². The fourth-order valence-corrected chi connectivity index (χ4v) is 7.34. The normalized spacial score (nSPS) is 12.0. The molecule has 0 rings (SSSR count). The van der Waals surface area contributed by atoms with Gasteiger partial charge in [-0.2, -0.15) is 0 Å². The van der Waals surface area contributed by atoms with E-state index < -0.39 is 10.4 Å². The number of nitrogens with zero attached hydrogens (tertiary/aromatic N) is 1. The van der Waals surface area contributed by atoms with Gasteiger partial charge in [-0.3, -0.25) is 8.42 Å². The van der Waals surface area contributed by atoms with Crippen molar-refractivity contribution in [1.82, 2.24) is 0 Å². The highest BCUT2D eigenvalue weighted by Crippen LogP contribution is 2.18. The predicted octanol–water partition coefficient (Wildman–Crippen LogP) is 14.2. The summed E-state index contributed by atoms with van der Waals surface area (Å²) in [5, 5.41) is 0. The van der Waals surface area contributed by atoms with Gasteiger partial charge in [-0.05, 0) is 38.5 Å². The standard InChI is InChI=1S/C43H90N.H2O4S/c1-5-8-11-14-17-20-23-26-29-32-35-38-41-44(4,42-39-36-33-30-27-24-21-18-15-12-9-6-2)43-40-37-34-31-28-25-22-19-16-13-10-7-3;1-5(2,3)4/h5-43H2,1-4H3;(H2,1,2,3,4)/q+1;/p-2. The van der Waals surface area contributed by atoms with E-state index in [0.717, 1.165) is 0 Å². The summed E-state index contributed by atoms with van der Waals surface area (Å²) < 4.78 is 35.5. The Morgan fingerprint density at radius 3 is 0.571 bits per heavy atom. The summed E-state index contributed by atoms with van der Waals surface area (Å²) in [6.45, 7) is 11.3. The first kappa shape index (κ1) is 50.9. The zero-order valence-electron chi connectivity index (χ0n) is 34.1. The quantitative estimate of drug-likeness (QED) is 0.0274. The van der Waals surface area contributed by atoms with E-state index in [4.69, 9.17) is 17.5 Å². The van der Waals surface area contributed by atoms with Crippen LogP contribution in [0.25, 0.3) is 0 Å². The molecule has 0 aromatic heterocycles. The minimum absolute atomic E-state index is 1.37. The van der Waals surface area contributed by atoms with Crippen molar-refractivity contribution in [1.29, 1.82) is 0 Å². The van der Waals surface area contributed by atoms with E-state index in [9.17, 15) is 0 Å². The molecule has 0 aliphatic rings. The molecule has 0 spiro atoms. The van der Waals surface area contributed by atoms with E-state index in [2.05, 4.69) is 27.8 Å². The van der Waals surface area contributed by atoms with Crippen LogP contribution in [0.3, 0.4) is 0 Å². The molecule has 0 bridgehead atoms. The second-order valence-electron chi connectivity index (χ2n) is 15.9. The van der Waals surface area contributed by atoms with Gasteiger partial charge < -0.3 is 13.6 Å². The Morgan fingerprint density at radius 2 is 0.429 bits per heavy atom. The average molecular weight is 717 g/mol. The molecule has 0 fully saturated rings. The van der Waals surface area contributed by atoms with Gasteiger partial charge >= 0.3 is 0 Å². The Balaban J connectivity index is 0. The van der Waals surface area contributed by atoms with Crippen molar-refractivity contribution in [3.05, 3.63) is 0 Å². The van der Waals surface area contributed by atoms with Crippen LogP contribution in [0.15, 0.2) is 0 Å². The zero-order chi connectivity index (χ0) is 36.6. The maximum atomic E-state index is 8.52. The summed E-state index contributed by atoms with van der Waals surface area (Å²) in [5.41, 5.74) is 0. The van der Waals surface area contributed by atoms with Crippen molar-refractivity contribution < 1.29 is 22.0 Å². The lowest BCUT2D eigenvalue weighted by Crippen LogP contribution is -2.46. The molecule has 0 aromatic rings. The molecular formula is C43H90NO4S-. The van der Waals surface area contributed by atoms with Crippen molar-refractivity contribution in [2.24, 2.45) is 0 Å². The van der Waals surface area contributed by atoms with Gasteiger partial charge in [0.05, 0.1) is 26.7 Å². The SMILES string of the molecule is CCCCCCCCCCCCCC[N+](C)(CCCCCCCCCCCCCC)CCCCCCCCCCCCCC.O=S(=O)([O-])[O-]. The van der Waals surface area contributed by atoms with E-state index in [1.807, 2.05) is 0 Å². The Hall–Kier alpha value is -0.170. The highest BCUT2D eigenvalue weighted by Gasteiger charge is 2.20. The van der Waals surface area contributed by atoms with Crippen LogP contribution < -0.4 is 0 Å². The van der Waals surface area contributed by atoms with Crippen LogP contribution in [-0.2, 0) is 10.4 Å². The first-order valence-electron chi connectivity index (χ1n) is 22.2. The molecule has 0 amide bonds. The first-order chi connectivity index (χ1) is 23.7. The Bertz CT molecular complexity index is 637. The topological polar surface area (TPSA) is 80.3 Å². The molecule has 0 heterocycles. The second-order valence-corrected chi connectivity index (χ2v) is 16.7. The summed E-state index contributed by atoms with van der Waals surface area (Å²) in [6, 6.07) is 0. The Kier molecular flexibility index (Phi) is 42.2. The third-order valence-corrected chi connectivity index (χ3v) is 10.7. The van der Waals surface area contributed by atoms with Crippen LogP contribution >= 0.6 is 0 Å². The fourth-order valence-electron chi connectivity index (χ4n) is 7.34. The predicted molar refractivity (Wildman–Crippen MR) is 214 cm³/mol. The molecule has 298 valence electrons. The van der Waals surface area contributed by atoms with Crippen LogP contribution in [0.2, 0.25) is 0 Å². The maximum absolute atomic E-state index is 8.52. The maximum Gasteiger partial charge on any atom is 0.0784 e. The average Bonchev–Trinajstić information content (AvgIpc) is 3.05. The number of hydrogen-bond acceptors (Lipinski definition) is 4. The van der Waals surface area contributed by atoms with Crippen molar-refractivity contribution in [3.63, 3.8) is 0 Å². The van der Waals surface area contributed by atoms with Gasteiger partial charge in [0.25, 0.3) is 0 Å². The number of hydrogen-bond donors (Lipinski definition) is 0. The lowest BCUT2D eigenvalue weighted by Gasteiger charge is -2.35. The van der Waals surface area contributed by atoms with Gasteiger partial charge in [0.15, 0.2) is 0 Å². The van der Waals surface area contributed by atoms with Crippen molar-refractivity contribution in [2.45, 2.75) is 252 Å². The highest BCUT2D eigenvalue weighted by atomic mass is 32.3. The molecule has 0 aliphatic heterocycles. The molecule has 0 unspecified atom stereocenters. The fraction of sp³-hybridized carbons (Fsp3) is 1.00. The van der Waals surface area contributed by atoms with Crippen LogP contribution in [0.1, 0.15) is 252 Å². The monoisotopic (exact) mass is 717 g/mol. The van der Waals surface area contributed by atoms with E-state index in [1.165, 1.54) is 255 Å². The van der Waals surface area contributed by atoms with Crippen LogP contribution in [0.5, 0.6) is 0 Å². The minimum Gasteiger partial charge on any atom is -0.759 e. The van der Waals surface area contributed by atoms with E-state index in [-0.39, 0.29) is 0 Å². The molecule has 0 aliphatic carbocycles. The van der Waals surface area contributed by atoms with Crippen LogP contribution in [-0.4, -0.2) is 48.7 Å². The highest BCUT2D eigenvalue weighted by molar-refractivity contribution is 7.79. The Labute approximate surface area is 310 Å². The largest absolute Gasteiger partial charge is 0.759 e. The number of unbranched alkanes of at least 4 members (excludes halogenated alkanes) is 33. The molecule has 0 radical (unpaired) electrons. The number of rotatable bonds is 39. The molecule has 6 heteroatoms. The van der Waals surface area contributed by atoms with Crippen molar-refractivity contribution in [3.8, 4) is 0 Å². The van der Waals surface area contributed by atoms with E-state index in [1.54, 1.807) is 0 Å². The van der Waals surface area contributed by atoms with Gasteiger partial charge in [0, 0.05) is 10.4 Å².